The SMILES string of the molecule is COc1ccc2nc(-c3cccs3)cc(C(=O)O)c2c1. The molecule has 2 heterocycles. The molecule has 1 aromatic carbocycles. The van der Waals surface area contributed by atoms with Crippen molar-refractivity contribution in [2.24, 2.45) is 0 Å². The van der Waals surface area contributed by atoms with Gasteiger partial charge in [-0.3, -0.25) is 0 Å². The molecule has 0 bridgehead atoms. The Balaban J connectivity index is 2.30. The molecule has 20 heavy (non-hydrogen) atoms. The summed E-state index contributed by atoms with van der Waals surface area (Å²) >= 11 is 1.53. The maximum atomic E-state index is 11.5. The Kier molecular flexibility index (Phi) is 3.12. The quantitative estimate of drug-likeness (QED) is 0.797. The number of hydrogen-bond acceptors (Lipinski definition) is 4. The van der Waals surface area contributed by atoms with Gasteiger partial charge in [0, 0.05) is 5.39 Å². The fourth-order valence-electron chi connectivity index (χ4n) is 2.06. The van der Waals surface area contributed by atoms with E-state index in [2.05, 4.69) is 4.98 Å². The summed E-state index contributed by atoms with van der Waals surface area (Å²) in [6.45, 7) is 0. The van der Waals surface area contributed by atoms with Crippen LogP contribution < -0.4 is 4.74 Å². The average Bonchev–Trinajstić information content (AvgIpc) is 2.99. The van der Waals surface area contributed by atoms with Gasteiger partial charge in [-0.05, 0) is 35.7 Å². The van der Waals surface area contributed by atoms with Gasteiger partial charge in [0.25, 0.3) is 0 Å². The Labute approximate surface area is 119 Å². The molecule has 5 heteroatoms. The van der Waals surface area contributed by atoms with Gasteiger partial charge in [0.2, 0.25) is 0 Å². The maximum absolute atomic E-state index is 11.5. The van der Waals surface area contributed by atoms with Gasteiger partial charge in [-0.15, -0.1) is 11.3 Å². The number of carboxylic acid groups (broad SMARTS) is 1. The Morgan fingerprint density at radius 3 is 2.80 bits per heavy atom. The van der Waals surface area contributed by atoms with E-state index in [1.165, 1.54) is 11.3 Å². The van der Waals surface area contributed by atoms with Gasteiger partial charge in [0.05, 0.1) is 28.8 Å². The van der Waals surface area contributed by atoms with Crippen LogP contribution in [0.25, 0.3) is 21.5 Å². The van der Waals surface area contributed by atoms with Gasteiger partial charge in [-0.1, -0.05) is 6.07 Å². The zero-order chi connectivity index (χ0) is 14.1. The number of rotatable bonds is 3. The topological polar surface area (TPSA) is 59.4 Å². The van der Waals surface area contributed by atoms with E-state index in [1.54, 1.807) is 31.4 Å². The lowest BCUT2D eigenvalue weighted by Crippen LogP contribution is -2.00. The Morgan fingerprint density at radius 2 is 2.15 bits per heavy atom. The molecule has 3 rings (SSSR count). The van der Waals surface area contributed by atoms with E-state index in [4.69, 9.17) is 4.74 Å². The zero-order valence-corrected chi connectivity index (χ0v) is 11.5. The van der Waals surface area contributed by atoms with Crippen LogP contribution in [0.1, 0.15) is 10.4 Å². The summed E-state index contributed by atoms with van der Waals surface area (Å²) in [6, 6.07) is 10.7. The molecule has 0 atom stereocenters. The normalized spacial score (nSPS) is 10.7. The highest BCUT2D eigenvalue weighted by atomic mass is 32.1. The van der Waals surface area contributed by atoms with Crippen LogP contribution in [0.2, 0.25) is 0 Å². The van der Waals surface area contributed by atoms with Crippen LogP contribution in [0.3, 0.4) is 0 Å². The molecule has 100 valence electrons. The first-order valence-electron chi connectivity index (χ1n) is 5.95. The molecule has 4 nitrogen and oxygen atoms in total. The van der Waals surface area contributed by atoms with E-state index < -0.39 is 5.97 Å². The van der Waals surface area contributed by atoms with Crippen molar-refractivity contribution in [3.63, 3.8) is 0 Å². The van der Waals surface area contributed by atoms with E-state index in [1.807, 2.05) is 17.5 Å². The van der Waals surface area contributed by atoms with Crippen LogP contribution in [0.5, 0.6) is 5.75 Å². The van der Waals surface area contributed by atoms with Crippen LogP contribution in [0, 0.1) is 0 Å². The second-order valence-electron chi connectivity index (χ2n) is 4.22. The smallest absolute Gasteiger partial charge is 0.336 e. The fourth-order valence-corrected chi connectivity index (χ4v) is 2.75. The first-order valence-corrected chi connectivity index (χ1v) is 6.83. The zero-order valence-electron chi connectivity index (χ0n) is 10.7. The van der Waals surface area contributed by atoms with Gasteiger partial charge in [0.1, 0.15) is 5.75 Å². The molecule has 0 spiro atoms. The second kappa shape index (κ2) is 4.94. The highest BCUT2D eigenvalue weighted by Gasteiger charge is 2.14. The fraction of sp³-hybridized carbons (Fsp3) is 0.0667. The Morgan fingerprint density at radius 1 is 1.30 bits per heavy atom. The third-order valence-electron chi connectivity index (χ3n) is 3.02. The van der Waals surface area contributed by atoms with Crippen molar-refractivity contribution < 1.29 is 14.6 Å². The number of benzene rings is 1. The molecule has 0 saturated carbocycles. The number of aromatic nitrogens is 1. The number of methoxy groups -OCH3 is 1. The van der Waals surface area contributed by atoms with E-state index in [-0.39, 0.29) is 5.56 Å². The summed E-state index contributed by atoms with van der Waals surface area (Å²) in [5.74, 6) is -0.353. The van der Waals surface area contributed by atoms with Crippen molar-refractivity contribution >= 4 is 28.2 Å². The van der Waals surface area contributed by atoms with E-state index in [0.717, 1.165) is 4.88 Å². The summed E-state index contributed by atoms with van der Waals surface area (Å²) in [7, 11) is 1.55. The van der Waals surface area contributed by atoms with E-state index in [0.29, 0.717) is 22.3 Å². The highest BCUT2D eigenvalue weighted by molar-refractivity contribution is 7.13. The molecule has 0 unspecified atom stereocenters. The lowest BCUT2D eigenvalue weighted by molar-refractivity contribution is 0.0699. The molecule has 0 amide bonds. The number of carbonyl (C=O) groups is 1. The summed E-state index contributed by atoms with van der Waals surface area (Å²) in [6.07, 6.45) is 0. The van der Waals surface area contributed by atoms with Crippen LogP contribution >= 0.6 is 11.3 Å². The van der Waals surface area contributed by atoms with Crippen LogP contribution in [-0.2, 0) is 0 Å². The van der Waals surface area contributed by atoms with Crippen molar-refractivity contribution in [3.8, 4) is 16.3 Å². The van der Waals surface area contributed by atoms with Crippen LogP contribution in [0.4, 0.5) is 0 Å². The summed E-state index contributed by atoms with van der Waals surface area (Å²) in [5, 5.41) is 11.9. The molecule has 0 aliphatic carbocycles. The van der Waals surface area contributed by atoms with Crippen molar-refractivity contribution in [3.05, 3.63) is 47.3 Å². The average molecular weight is 285 g/mol. The first kappa shape index (κ1) is 12.6. The second-order valence-corrected chi connectivity index (χ2v) is 5.17. The molecule has 2 aromatic heterocycles. The predicted octanol–water partition coefficient (Wildman–Crippen LogP) is 3.67. The van der Waals surface area contributed by atoms with Gasteiger partial charge in [0.15, 0.2) is 0 Å². The number of thiophene rings is 1. The molecule has 3 aromatic rings. The predicted molar refractivity (Wildman–Crippen MR) is 78.6 cm³/mol. The maximum Gasteiger partial charge on any atom is 0.336 e. The molecule has 0 radical (unpaired) electrons. The number of aromatic carboxylic acids is 1. The molecule has 1 N–H and O–H groups in total. The molecule has 0 aliphatic rings. The van der Waals surface area contributed by atoms with Gasteiger partial charge in [-0.25, -0.2) is 9.78 Å². The summed E-state index contributed by atoms with van der Waals surface area (Å²) in [5.41, 5.74) is 1.56. The lowest BCUT2D eigenvalue weighted by atomic mass is 10.1. The highest BCUT2D eigenvalue weighted by Crippen LogP contribution is 2.29. The lowest BCUT2D eigenvalue weighted by Gasteiger charge is -2.07. The van der Waals surface area contributed by atoms with Gasteiger partial charge < -0.3 is 9.84 Å². The number of carboxylic acids is 1. The molecular formula is C15H11NO3S. The third kappa shape index (κ3) is 2.12. The number of ether oxygens (including phenoxy) is 1. The molecule has 0 saturated heterocycles. The van der Waals surface area contributed by atoms with Gasteiger partial charge >= 0.3 is 5.97 Å². The van der Waals surface area contributed by atoms with Crippen LogP contribution in [-0.4, -0.2) is 23.2 Å². The van der Waals surface area contributed by atoms with Crippen molar-refractivity contribution in [2.75, 3.05) is 7.11 Å². The van der Waals surface area contributed by atoms with Gasteiger partial charge in [-0.2, -0.15) is 0 Å². The molecular weight excluding hydrogens is 274 g/mol. The molecule has 0 aliphatic heterocycles. The standard InChI is InChI=1S/C15H11NO3S/c1-19-9-4-5-12-10(7-9)11(15(17)18)8-13(16-12)14-3-2-6-20-14/h2-8H,1H3,(H,17,18). The molecule has 0 fully saturated rings. The first-order chi connectivity index (χ1) is 9.69. The van der Waals surface area contributed by atoms with Crippen molar-refractivity contribution in [1.82, 2.24) is 4.98 Å². The minimum absolute atomic E-state index is 0.234. The monoisotopic (exact) mass is 285 g/mol. The Bertz CT molecular complexity index is 781. The van der Waals surface area contributed by atoms with E-state index >= 15 is 0 Å². The Hall–Kier alpha value is -2.40. The number of fused-ring (bicyclic) bond motifs is 1. The minimum atomic E-state index is -0.969. The number of hydrogen-bond donors (Lipinski definition) is 1. The van der Waals surface area contributed by atoms with Crippen LogP contribution in [0.15, 0.2) is 41.8 Å². The number of nitrogens with zero attached hydrogens (tertiary/aromatic N) is 1. The third-order valence-corrected chi connectivity index (χ3v) is 3.91. The number of pyridine rings is 1. The van der Waals surface area contributed by atoms with E-state index in [9.17, 15) is 9.90 Å². The minimum Gasteiger partial charge on any atom is -0.497 e. The summed E-state index contributed by atoms with van der Waals surface area (Å²) < 4.78 is 5.14. The summed E-state index contributed by atoms with van der Waals surface area (Å²) in [4.78, 5) is 16.9. The van der Waals surface area contributed by atoms with Crippen molar-refractivity contribution in [1.29, 1.82) is 0 Å². The largest absolute Gasteiger partial charge is 0.497 e. The van der Waals surface area contributed by atoms with Crippen molar-refractivity contribution in [2.45, 2.75) is 0 Å².